The van der Waals surface area contributed by atoms with Crippen LogP contribution in [0.3, 0.4) is 0 Å². The van der Waals surface area contributed by atoms with Gasteiger partial charge in [-0.2, -0.15) is 0 Å². The minimum Gasteiger partial charge on any atom is -0.445 e. The molecule has 0 aromatic heterocycles. The molecule has 0 aliphatic heterocycles. The maximum atomic E-state index is 12.6. The highest BCUT2D eigenvalue weighted by Gasteiger charge is 2.30. The molecule has 8 heteroatoms. The summed E-state index contributed by atoms with van der Waals surface area (Å²) in [6, 6.07) is 8.42. The molecule has 7 nitrogen and oxygen atoms in total. The molecule has 1 rings (SSSR count). The van der Waals surface area contributed by atoms with Crippen LogP contribution in [0.1, 0.15) is 46.1 Å². The van der Waals surface area contributed by atoms with Gasteiger partial charge in [0.25, 0.3) is 0 Å². The lowest BCUT2D eigenvalue weighted by Crippen LogP contribution is -2.54. The summed E-state index contributed by atoms with van der Waals surface area (Å²) in [7, 11) is -1.67. The summed E-state index contributed by atoms with van der Waals surface area (Å²) < 4.78 is 5.18. The summed E-state index contributed by atoms with van der Waals surface area (Å²) in [6.07, 6.45) is 0.128. The Morgan fingerprint density at radius 3 is 2.11 bits per heavy atom. The van der Waals surface area contributed by atoms with Crippen molar-refractivity contribution in [3.63, 3.8) is 0 Å². The molecule has 4 N–H and O–H groups in total. The lowest BCUT2D eigenvalue weighted by molar-refractivity contribution is -0.124. The van der Waals surface area contributed by atoms with Crippen molar-refractivity contribution in [3.05, 3.63) is 35.9 Å². The molecule has 2 atom stereocenters. The van der Waals surface area contributed by atoms with Crippen LogP contribution in [-0.2, 0) is 16.1 Å². The van der Waals surface area contributed by atoms with Gasteiger partial charge in [0.1, 0.15) is 12.6 Å². The van der Waals surface area contributed by atoms with Crippen molar-refractivity contribution in [3.8, 4) is 0 Å². The number of carbonyl (C=O) groups is 2. The van der Waals surface area contributed by atoms with Crippen LogP contribution in [0.4, 0.5) is 4.79 Å². The largest absolute Gasteiger partial charge is 0.475 e. The van der Waals surface area contributed by atoms with Gasteiger partial charge in [-0.3, -0.25) is 4.79 Å². The molecule has 0 aliphatic rings. The second kappa shape index (κ2) is 11.6. The van der Waals surface area contributed by atoms with Gasteiger partial charge in [-0.1, -0.05) is 58.0 Å². The summed E-state index contributed by atoms with van der Waals surface area (Å²) in [4.78, 5) is 24.7. The molecule has 27 heavy (non-hydrogen) atoms. The Balaban J connectivity index is 2.66. The van der Waals surface area contributed by atoms with Gasteiger partial charge in [0.2, 0.25) is 5.91 Å². The Hall–Kier alpha value is -2.06. The maximum Gasteiger partial charge on any atom is 0.475 e. The fourth-order valence-corrected chi connectivity index (χ4v) is 2.66. The number of amides is 2. The summed E-state index contributed by atoms with van der Waals surface area (Å²) in [5.74, 6) is -0.935. The molecule has 2 amide bonds. The first-order valence-corrected chi connectivity index (χ1v) is 9.32. The van der Waals surface area contributed by atoms with Crippen LogP contribution in [0.2, 0.25) is 0 Å². The van der Waals surface area contributed by atoms with E-state index in [9.17, 15) is 19.6 Å². The SMILES string of the molecule is CC(C)C[C@H](NC(=O)[C@H](CC(C)C)NC(=O)OCc1ccccc1)B(O)O. The lowest BCUT2D eigenvalue weighted by Gasteiger charge is -2.24. The Kier molecular flexibility index (Phi) is 9.89. The van der Waals surface area contributed by atoms with Crippen LogP contribution in [0, 0.1) is 11.8 Å². The van der Waals surface area contributed by atoms with E-state index in [0.29, 0.717) is 12.8 Å². The molecule has 0 saturated carbocycles. The molecule has 0 saturated heterocycles. The van der Waals surface area contributed by atoms with Gasteiger partial charge in [0.05, 0.1) is 5.94 Å². The predicted octanol–water partition coefficient (Wildman–Crippen LogP) is 1.87. The molecule has 0 bridgehead atoms. The van der Waals surface area contributed by atoms with Crippen molar-refractivity contribution < 1.29 is 24.4 Å². The van der Waals surface area contributed by atoms with E-state index >= 15 is 0 Å². The lowest BCUT2D eigenvalue weighted by atomic mass is 9.75. The number of hydrogen-bond acceptors (Lipinski definition) is 5. The topological polar surface area (TPSA) is 108 Å². The average molecular weight is 378 g/mol. The second-order valence-electron chi connectivity index (χ2n) is 7.55. The van der Waals surface area contributed by atoms with Gasteiger partial charge >= 0.3 is 13.2 Å². The highest BCUT2D eigenvalue weighted by molar-refractivity contribution is 6.43. The molecular weight excluding hydrogens is 347 g/mol. The summed E-state index contributed by atoms with van der Waals surface area (Å²) in [5.41, 5.74) is 0.845. The smallest absolute Gasteiger partial charge is 0.445 e. The quantitative estimate of drug-likeness (QED) is 0.465. The zero-order chi connectivity index (χ0) is 20.4. The van der Waals surface area contributed by atoms with Crippen molar-refractivity contribution in [1.29, 1.82) is 0 Å². The molecule has 1 aromatic rings. The first kappa shape index (κ1) is 23.0. The Morgan fingerprint density at radius 2 is 1.59 bits per heavy atom. The number of nitrogens with one attached hydrogen (secondary N) is 2. The minimum atomic E-state index is -1.67. The van der Waals surface area contributed by atoms with E-state index < -0.39 is 31.1 Å². The molecule has 0 unspecified atom stereocenters. The van der Waals surface area contributed by atoms with Crippen LogP contribution >= 0.6 is 0 Å². The van der Waals surface area contributed by atoms with Crippen LogP contribution in [0.5, 0.6) is 0 Å². The molecule has 1 aromatic carbocycles. The first-order valence-electron chi connectivity index (χ1n) is 9.32. The van der Waals surface area contributed by atoms with Gasteiger partial charge in [0, 0.05) is 0 Å². The van der Waals surface area contributed by atoms with Crippen LogP contribution in [-0.4, -0.2) is 41.1 Å². The molecule has 0 radical (unpaired) electrons. The fourth-order valence-electron chi connectivity index (χ4n) is 2.66. The van der Waals surface area contributed by atoms with E-state index in [1.165, 1.54) is 0 Å². The van der Waals surface area contributed by atoms with Gasteiger partial charge in [-0.05, 0) is 30.2 Å². The first-order chi connectivity index (χ1) is 12.7. The Labute approximate surface area is 161 Å². The third-order valence-corrected chi connectivity index (χ3v) is 3.94. The van der Waals surface area contributed by atoms with Gasteiger partial charge in [-0.25, -0.2) is 4.79 Å². The van der Waals surface area contributed by atoms with Crippen molar-refractivity contribution >= 4 is 19.1 Å². The van der Waals surface area contributed by atoms with Crippen molar-refractivity contribution in [2.75, 3.05) is 0 Å². The monoisotopic (exact) mass is 378 g/mol. The molecule has 150 valence electrons. The van der Waals surface area contributed by atoms with E-state index in [1.807, 2.05) is 58.0 Å². The average Bonchev–Trinajstić information content (AvgIpc) is 2.58. The molecule has 0 heterocycles. The van der Waals surface area contributed by atoms with Gasteiger partial charge < -0.3 is 25.4 Å². The number of carbonyl (C=O) groups excluding carboxylic acids is 2. The van der Waals surface area contributed by atoms with E-state index in [-0.39, 0.29) is 18.4 Å². The highest BCUT2D eigenvalue weighted by Crippen LogP contribution is 2.10. The zero-order valence-electron chi connectivity index (χ0n) is 16.5. The third-order valence-electron chi connectivity index (χ3n) is 3.94. The number of ether oxygens (including phenoxy) is 1. The number of benzene rings is 1. The summed E-state index contributed by atoms with van der Waals surface area (Å²) in [6.45, 7) is 7.82. The molecule has 0 fully saturated rings. The molecular formula is C19H31BN2O5. The Bertz CT molecular complexity index is 581. The normalized spacial score (nSPS) is 13.2. The van der Waals surface area contributed by atoms with Gasteiger partial charge in [0.15, 0.2) is 0 Å². The molecule has 0 aliphatic carbocycles. The third kappa shape index (κ3) is 9.44. The van der Waals surface area contributed by atoms with Crippen LogP contribution in [0.15, 0.2) is 30.3 Å². The standard InChI is InChI=1S/C19H31BN2O5/c1-13(2)10-16(18(23)22-17(20(25)26)11-14(3)4)21-19(24)27-12-15-8-6-5-7-9-15/h5-9,13-14,16-17,25-26H,10-12H2,1-4H3,(H,21,24)(H,22,23)/t16-,17-/m0/s1. The second-order valence-corrected chi connectivity index (χ2v) is 7.55. The van der Waals surface area contributed by atoms with Gasteiger partial charge in [-0.15, -0.1) is 0 Å². The minimum absolute atomic E-state index is 0.105. The van der Waals surface area contributed by atoms with Crippen molar-refractivity contribution in [1.82, 2.24) is 10.6 Å². The number of rotatable bonds is 10. The van der Waals surface area contributed by atoms with Crippen molar-refractivity contribution in [2.45, 2.75) is 59.1 Å². The van der Waals surface area contributed by atoms with E-state index in [4.69, 9.17) is 4.74 Å². The van der Waals surface area contributed by atoms with Crippen LogP contribution in [0.25, 0.3) is 0 Å². The van der Waals surface area contributed by atoms with Crippen LogP contribution < -0.4 is 10.6 Å². The summed E-state index contributed by atoms with van der Waals surface area (Å²) >= 11 is 0. The number of hydrogen-bond donors (Lipinski definition) is 4. The zero-order valence-corrected chi connectivity index (χ0v) is 16.5. The highest BCUT2D eigenvalue weighted by atomic mass is 16.5. The maximum absolute atomic E-state index is 12.6. The molecule has 0 spiro atoms. The van der Waals surface area contributed by atoms with Crippen molar-refractivity contribution in [2.24, 2.45) is 11.8 Å². The number of alkyl carbamates (subject to hydrolysis) is 1. The van der Waals surface area contributed by atoms with E-state index in [2.05, 4.69) is 10.6 Å². The van der Waals surface area contributed by atoms with E-state index in [1.54, 1.807) is 0 Å². The fraction of sp³-hybridized carbons (Fsp3) is 0.579. The Morgan fingerprint density at radius 1 is 1.00 bits per heavy atom. The van der Waals surface area contributed by atoms with E-state index in [0.717, 1.165) is 5.56 Å². The predicted molar refractivity (Wildman–Crippen MR) is 105 cm³/mol. The summed E-state index contributed by atoms with van der Waals surface area (Å²) in [5, 5.41) is 24.2.